The minimum Gasteiger partial charge on any atom is -0.352 e. The van der Waals surface area contributed by atoms with Crippen LogP contribution in [0, 0.1) is 5.82 Å². The molecule has 1 heterocycles. The topological polar surface area (TPSA) is 57.8 Å². The first-order valence-electron chi connectivity index (χ1n) is 5.28. The van der Waals surface area contributed by atoms with E-state index in [0.29, 0.717) is 18.5 Å². The molecule has 1 amide bonds. The van der Waals surface area contributed by atoms with E-state index in [2.05, 4.69) is 15.5 Å². The second-order valence-corrected chi connectivity index (χ2v) is 3.60. The summed E-state index contributed by atoms with van der Waals surface area (Å²) in [7, 11) is 0. The molecule has 0 aliphatic carbocycles. The van der Waals surface area contributed by atoms with Gasteiger partial charge in [0, 0.05) is 30.4 Å². The van der Waals surface area contributed by atoms with Crippen LogP contribution in [0.1, 0.15) is 16.1 Å². The molecule has 0 unspecified atom stereocenters. The molecule has 0 radical (unpaired) electrons. The van der Waals surface area contributed by atoms with Gasteiger partial charge in [-0.2, -0.15) is 5.10 Å². The Bertz CT molecular complexity index is 496. The fourth-order valence-electron chi connectivity index (χ4n) is 1.47. The minimum atomic E-state index is -0.411. The average molecular weight is 233 g/mol. The van der Waals surface area contributed by atoms with Crippen molar-refractivity contribution in [2.45, 2.75) is 6.42 Å². The van der Waals surface area contributed by atoms with E-state index in [1.807, 2.05) is 6.07 Å². The Kier molecular flexibility index (Phi) is 3.49. The van der Waals surface area contributed by atoms with Crippen molar-refractivity contribution in [1.82, 2.24) is 15.5 Å². The first kappa shape index (κ1) is 11.3. The average Bonchev–Trinajstić information content (AvgIpc) is 2.82. The molecule has 4 nitrogen and oxygen atoms in total. The normalized spacial score (nSPS) is 10.2. The second kappa shape index (κ2) is 5.25. The van der Waals surface area contributed by atoms with Gasteiger partial charge in [-0.15, -0.1) is 0 Å². The van der Waals surface area contributed by atoms with E-state index < -0.39 is 5.82 Å². The van der Waals surface area contributed by atoms with Gasteiger partial charge in [0.25, 0.3) is 5.91 Å². The molecule has 0 spiro atoms. The van der Waals surface area contributed by atoms with Crippen LogP contribution >= 0.6 is 0 Å². The van der Waals surface area contributed by atoms with Crippen molar-refractivity contribution >= 4 is 5.91 Å². The molecule has 2 rings (SSSR count). The van der Waals surface area contributed by atoms with E-state index in [9.17, 15) is 9.18 Å². The van der Waals surface area contributed by atoms with Gasteiger partial charge in [0.2, 0.25) is 0 Å². The van der Waals surface area contributed by atoms with E-state index in [1.54, 1.807) is 12.3 Å². The predicted octanol–water partition coefficient (Wildman–Crippen LogP) is 1.52. The summed E-state index contributed by atoms with van der Waals surface area (Å²) in [6.07, 6.45) is 2.32. The first-order valence-corrected chi connectivity index (χ1v) is 5.28. The molecule has 1 aromatic carbocycles. The standard InChI is InChI=1S/C12H12FN3O/c13-10-3-1-2-9(8-10)12(17)14-6-4-11-5-7-15-16-11/h1-3,5,7-8H,4,6H2,(H,14,17)(H,15,16). The lowest BCUT2D eigenvalue weighted by molar-refractivity contribution is 0.0953. The Labute approximate surface area is 97.9 Å². The third-order valence-corrected chi connectivity index (χ3v) is 2.33. The number of H-pyrrole nitrogens is 1. The number of hydrogen-bond donors (Lipinski definition) is 2. The molecule has 17 heavy (non-hydrogen) atoms. The number of amides is 1. The quantitative estimate of drug-likeness (QED) is 0.841. The van der Waals surface area contributed by atoms with Crippen LogP contribution < -0.4 is 5.32 Å². The van der Waals surface area contributed by atoms with Crippen LogP contribution in [0.5, 0.6) is 0 Å². The molecule has 88 valence electrons. The van der Waals surface area contributed by atoms with Crippen molar-refractivity contribution in [3.63, 3.8) is 0 Å². The number of nitrogens with one attached hydrogen (secondary N) is 2. The van der Waals surface area contributed by atoms with Crippen LogP contribution in [0.3, 0.4) is 0 Å². The molecule has 0 aliphatic rings. The summed E-state index contributed by atoms with van der Waals surface area (Å²) >= 11 is 0. The van der Waals surface area contributed by atoms with Gasteiger partial charge in [-0.05, 0) is 24.3 Å². The molecule has 2 aromatic rings. The zero-order valence-corrected chi connectivity index (χ0v) is 9.11. The van der Waals surface area contributed by atoms with Gasteiger partial charge in [0.1, 0.15) is 5.82 Å². The van der Waals surface area contributed by atoms with Crippen molar-refractivity contribution < 1.29 is 9.18 Å². The number of halogens is 1. The van der Waals surface area contributed by atoms with Crippen LogP contribution in [-0.2, 0) is 6.42 Å². The predicted molar refractivity (Wildman–Crippen MR) is 61.0 cm³/mol. The molecule has 5 heteroatoms. The number of hydrogen-bond acceptors (Lipinski definition) is 2. The summed E-state index contributed by atoms with van der Waals surface area (Å²) in [5, 5.41) is 9.31. The number of rotatable bonds is 4. The lowest BCUT2D eigenvalue weighted by Gasteiger charge is -2.04. The molecule has 2 N–H and O–H groups in total. The van der Waals surface area contributed by atoms with Crippen LogP contribution in [0.15, 0.2) is 36.5 Å². The van der Waals surface area contributed by atoms with Crippen molar-refractivity contribution in [3.05, 3.63) is 53.6 Å². The lowest BCUT2D eigenvalue weighted by Crippen LogP contribution is -2.25. The van der Waals surface area contributed by atoms with Crippen LogP contribution in [-0.4, -0.2) is 22.6 Å². The smallest absolute Gasteiger partial charge is 0.251 e. The maximum atomic E-state index is 12.9. The third-order valence-electron chi connectivity index (χ3n) is 2.33. The zero-order chi connectivity index (χ0) is 12.1. The van der Waals surface area contributed by atoms with Gasteiger partial charge >= 0.3 is 0 Å². The van der Waals surface area contributed by atoms with Crippen LogP contribution in [0.25, 0.3) is 0 Å². The number of carbonyl (C=O) groups excluding carboxylic acids is 1. The summed E-state index contributed by atoms with van der Waals surface area (Å²) in [5.74, 6) is -0.685. The maximum absolute atomic E-state index is 12.9. The third kappa shape index (κ3) is 3.14. The number of benzene rings is 1. The van der Waals surface area contributed by atoms with Crippen LogP contribution in [0.2, 0.25) is 0 Å². The molecule has 0 saturated heterocycles. The fraction of sp³-hybridized carbons (Fsp3) is 0.167. The highest BCUT2D eigenvalue weighted by molar-refractivity contribution is 5.94. The molecular formula is C12H12FN3O. The summed E-state index contributed by atoms with van der Waals surface area (Å²) in [6.45, 7) is 0.484. The minimum absolute atomic E-state index is 0.274. The molecule has 0 atom stereocenters. The first-order chi connectivity index (χ1) is 8.25. The number of aromatic amines is 1. The molecule has 1 aromatic heterocycles. The van der Waals surface area contributed by atoms with Gasteiger partial charge in [0.15, 0.2) is 0 Å². The molecule has 0 saturated carbocycles. The molecule has 0 bridgehead atoms. The Balaban J connectivity index is 1.85. The highest BCUT2D eigenvalue weighted by atomic mass is 19.1. The Morgan fingerprint density at radius 3 is 3.00 bits per heavy atom. The van der Waals surface area contributed by atoms with Gasteiger partial charge < -0.3 is 5.32 Å². The number of carbonyl (C=O) groups is 1. The van der Waals surface area contributed by atoms with E-state index in [0.717, 1.165) is 5.69 Å². The second-order valence-electron chi connectivity index (χ2n) is 3.60. The molecule has 0 aliphatic heterocycles. The number of nitrogens with zero attached hydrogens (tertiary/aromatic N) is 1. The fourth-order valence-corrected chi connectivity index (χ4v) is 1.47. The highest BCUT2D eigenvalue weighted by Crippen LogP contribution is 2.03. The summed E-state index contributed by atoms with van der Waals surface area (Å²) in [4.78, 5) is 11.6. The van der Waals surface area contributed by atoms with E-state index in [-0.39, 0.29) is 5.91 Å². The van der Waals surface area contributed by atoms with Gasteiger partial charge in [-0.3, -0.25) is 9.89 Å². The Morgan fingerprint density at radius 2 is 2.29 bits per heavy atom. The summed E-state index contributed by atoms with van der Waals surface area (Å²) in [5.41, 5.74) is 1.28. The van der Waals surface area contributed by atoms with Crippen molar-refractivity contribution in [1.29, 1.82) is 0 Å². The van der Waals surface area contributed by atoms with Crippen molar-refractivity contribution in [3.8, 4) is 0 Å². The summed E-state index contributed by atoms with van der Waals surface area (Å²) < 4.78 is 12.9. The highest BCUT2D eigenvalue weighted by Gasteiger charge is 2.05. The van der Waals surface area contributed by atoms with Gasteiger partial charge in [0.05, 0.1) is 0 Å². The summed E-state index contributed by atoms with van der Waals surface area (Å²) in [6, 6.07) is 7.45. The van der Waals surface area contributed by atoms with Crippen molar-refractivity contribution in [2.24, 2.45) is 0 Å². The van der Waals surface area contributed by atoms with Crippen molar-refractivity contribution in [2.75, 3.05) is 6.54 Å². The molecule has 0 fully saturated rings. The Morgan fingerprint density at radius 1 is 1.41 bits per heavy atom. The largest absolute Gasteiger partial charge is 0.352 e. The van der Waals surface area contributed by atoms with Gasteiger partial charge in [-0.25, -0.2) is 4.39 Å². The Hall–Kier alpha value is -2.17. The maximum Gasteiger partial charge on any atom is 0.251 e. The van der Waals surface area contributed by atoms with Gasteiger partial charge in [-0.1, -0.05) is 6.07 Å². The lowest BCUT2D eigenvalue weighted by atomic mass is 10.2. The number of aromatic nitrogens is 2. The van der Waals surface area contributed by atoms with E-state index in [4.69, 9.17) is 0 Å². The SMILES string of the molecule is O=C(NCCc1ccn[nH]1)c1cccc(F)c1. The zero-order valence-electron chi connectivity index (χ0n) is 9.11. The van der Waals surface area contributed by atoms with E-state index >= 15 is 0 Å². The monoisotopic (exact) mass is 233 g/mol. The van der Waals surface area contributed by atoms with Crippen LogP contribution in [0.4, 0.5) is 4.39 Å². The van der Waals surface area contributed by atoms with E-state index in [1.165, 1.54) is 18.2 Å². The molecular weight excluding hydrogens is 221 g/mol.